The first-order chi connectivity index (χ1) is 7.88. The molecule has 0 fully saturated rings. The summed E-state index contributed by atoms with van der Waals surface area (Å²) >= 11 is 8.52. The van der Waals surface area contributed by atoms with Crippen LogP contribution >= 0.6 is 27.5 Å². The zero-order valence-corrected chi connectivity index (χ0v) is 10.5. The lowest BCUT2D eigenvalue weighted by molar-refractivity contribution is -0.141. The van der Waals surface area contributed by atoms with Gasteiger partial charge in [0.2, 0.25) is 0 Å². The van der Waals surface area contributed by atoms with Gasteiger partial charge in [-0.05, 0) is 40.2 Å². The molecule has 0 saturated carbocycles. The zero-order valence-electron chi connectivity index (χ0n) is 8.17. The monoisotopic (exact) mass is 324 g/mol. The van der Waals surface area contributed by atoms with Crippen LogP contribution < -0.4 is 0 Å². The van der Waals surface area contributed by atoms with E-state index < -0.39 is 11.9 Å². The molecule has 1 aromatic carbocycles. The molecule has 2 nitrogen and oxygen atoms in total. The topological polar surface area (TPSA) is 17.8 Å². The third kappa shape index (κ3) is 2.63. The fourth-order valence-electron chi connectivity index (χ4n) is 1.27. The van der Waals surface area contributed by atoms with Crippen LogP contribution in [0.3, 0.4) is 0 Å². The van der Waals surface area contributed by atoms with E-state index >= 15 is 0 Å². The van der Waals surface area contributed by atoms with Crippen molar-refractivity contribution in [3.8, 4) is 5.69 Å². The molecule has 0 saturated heterocycles. The highest BCUT2D eigenvalue weighted by molar-refractivity contribution is 9.10. The Morgan fingerprint density at radius 1 is 1.18 bits per heavy atom. The first-order valence-electron chi connectivity index (χ1n) is 4.46. The molecule has 0 aliphatic carbocycles. The number of alkyl halides is 3. The van der Waals surface area contributed by atoms with Gasteiger partial charge in [0.25, 0.3) is 0 Å². The molecule has 0 radical (unpaired) electrons. The van der Waals surface area contributed by atoms with E-state index in [9.17, 15) is 13.2 Å². The number of aromatic nitrogens is 2. The molecule has 1 aromatic heterocycles. The van der Waals surface area contributed by atoms with Crippen LogP contribution in [0.5, 0.6) is 0 Å². The number of halogens is 5. The van der Waals surface area contributed by atoms with Crippen molar-refractivity contribution in [3.63, 3.8) is 0 Å². The van der Waals surface area contributed by atoms with Crippen LogP contribution in [0.2, 0.25) is 5.02 Å². The lowest BCUT2D eigenvalue weighted by atomic mass is 10.3. The van der Waals surface area contributed by atoms with Gasteiger partial charge in [0.15, 0.2) is 5.69 Å². The third-order valence-electron chi connectivity index (χ3n) is 2.03. The Kier molecular flexibility index (Phi) is 3.18. The van der Waals surface area contributed by atoms with Crippen LogP contribution in [0.15, 0.2) is 34.9 Å². The van der Waals surface area contributed by atoms with Gasteiger partial charge in [-0.25, -0.2) is 4.68 Å². The third-order valence-corrected chi connectivity index (χ3v) is 2.86. The van der Waals surface area contributed by atoms with Gasteiger partial charge in [-0.2, -0.15) is 18.3 Å². The van der Waals surface area contributed by atoms with Crippen molar-refractivity contribution in [2.24, 2.45) is 0 Å². The minimum absolute atomic E-state index is 0.0973. The quantitative estimate of drug-likeness (QED) is 0.764. The molecule has 0 unspecified atom stereocenters. The fraction of sp³-hybridized carbons (Fsp3) is 0.100. The summed E-state index contributed by atoms with van der Waals surface area (Å²) in [4.78, 5) is 0. The molecule has 0 N–H and O–H groups in total. The second-order valence-corrected chi connectivity index (χ2v) is 4.54. The summed E-state index contributed by atoms with van der Waals surface area (Å²) in [5, 5.41) is 3.99. The Hall–Kier alpha value is -1.01. The maximum Gasteiger partial charge on any atom is 0.436 e. The Labute approximate surface area is 108 Å². The van der Waals surface area contributed by atoms with Gasteiger partial charge in [-0.15, -0.1) is 0 Å². The Morgan fingerprint density at radius 2 is 1.76 bits per heavy atom. The molecule has 0 atom stereocenters. The summed E-state index contributed by atoms with van der Waals surface area (Å²) < 4.78 is 38.6. The van der Waals surface area contributed by atoms with Crippen molar-refractivity contribution < 1.29 is 13.2 Å². The Bertz CT molecular complexity index is 533. The van der Waals surface area contributed by atoms with E-state index in [2.05, 4.69) is 21.0 Å². The van der Waals surface area contributed by atoms with E-state index in [-0.39, 0.29) is 4.47 Å². The van der Waals surface area contributed by atoms with E-state index in [0.717, 1.165) is 4.68 Å². The average molecular weight is 326 g/mol. The van der Waals surface area contributed by atoms with Gasteiger partial charge in [-0.1, -0.05) is 11.6 Å². The summed E-state index contributed by atoms with van der Waals surface area (Å²) in [6.07, 6.45) is -3.22. The van der Waals surface area contributed by atoms with E-state index in [0.29, 0.717) is 10.7 Å². The highest BCUT2D eigenvalue weighted by Crippen LogP contribution is 2.34. The summed E-state index contributed by atoms with van der Waals surface area (Å²) in [6, 6.07) is 6.34. The molecule has 0 amide bonds. The summed E-state index contributed by atoms with van der Waals surface area (Å²) in [5.74, 6) is 0. The van der Waals surface area contributed by atoms with Crippen LogP contribution in [0.4, 0.5) is 13.2 Å². The van der Waals surface area contributed by atoms with Crippen molar-refractivity contribution in [2.45, 2.75) is 6.18 Å². The normalized spacial score (nSPS) is 11.8. The maximum atomic E-state index is 12.5. The summed E-state index contributed by atoms with van der Waals surface area (Å²) in [6.45, 7) is 0. The molecule has 0 aliphatic rings. The molecular weight excluding hydrogens is 320 g/mol. The highest BCUT2D eigenvalue weighted by Gasteiger charge is 2.36. The maximum absolute atomic E-state index is 12.5. The van der Waals surface area contributed by atoms with Crippen LogP contribution in [0, 0.1) is 0 Å². The van der Waals surface area contributed by atoms with E-state index in [1.54, 1.807) is 24.3 Å². The van der Waals surface area contributed by atoms with Gasteiger partial charge in [0.05, 0.1) is 10.2 Å². The second kappa shape index (κ2) is 4.34. The van der Waals surface area contributed by atoms with E-state index in [1.807, 2.05) is 0 Å². The number of hydrogen-bond donors (Lipinski definition) is 0. The van der Waals surface area contributed by atoms with Gasteiger partial charge in [-0.3, -0.25) is 0 Å². The Balaban J connectivity index is 2.45. The van der Waals surface area contributed by atoms with Crippen LogP contribution in [-0.2, 0) is 6.18 Å². The molecule has 0 bridgehead atoms. The van der Waals surface area contributed by atoms with Crippen molar-refractivity contribution >= 4 is 27.5 Å². The molecule has 0 spiro atoms. The van der Waals surface area contributed by atoms with Gasteiger partial charge < -0.3 is 0 Å². The molecule has 2 aromatic rings. The molecule has 90 valence electrons. The lowest BCUT2D eigenvalue weighted by Crippen LogP contribution is -2.07. The van der Waals surface area contributed by atoms with Gasteiger partial charge >= 0.3 is 6.18 Å². The van der Waals surface area contributed by atoms with Crippen LogP contribution in [-0.4, -0.2) is 9.78 Å². The van der Waals surface area contributed by atoms with E-state index in [1.165, 1.54) is 6.20 Å². The zero-order chi connectivity index (χ0) is 12.6. The first-order valence-corrected chi connectivity index (χ1v) is 5.63. The molecule has 2 rings (SSSR count). The Morgan fingerprint density at radius 3 is 2.24 bits per heavy atom. The number of nitrogens with zero attached hydrogens (tertiary/aromatic N) is 2. The predicted octanol–water partition coefficient (Wildman–Crippen LogP) is 4.31. The number of benzene rings is 1. The molecule has 17 heavy (non-hydrogen) atoms. The smallest absolute Gasteiger partial charge is 0.239 e. The average Bonchev–Trinajstić information content (AvgIpc) is 2.61. The van der Waals surface area contributed by atoms with Gasteiger partial charge in [0.1, 0.15) is 0 Å². The molecule has 0 aliphatic heterocycles. The minimum atomic E-state index is -4.48. The predicted molar refractivity (Wildman–Crippen MR) is 61.3 cm³/mol. The van der Waals surface area contributed by atoms with Crippen LogP contribution in [0.25, 0.3) is 5.69 Å². The molecular formula is C10H5BrClF3N2. The standard InChI is InChI=1S/C10H5BrClF3N2/c11-8-5-17(16-9(8)10(13,14)15)7-3-1-6(12)2-4-7/h1-5H. The largest absolute Gasteiger partial charge is 0.436 e. The fourth-order valence-corrected chi connectivity index (χ4v) is 1.90. The second-order valence-electron chi connectivity index (χ2n) is 3.24. The highest BCUT2D eigenvalue weighted by atomic mass is 79.9. The lowest BCUT2D eigenvalue weighted by Gasteiger charge is -2.03. The molecule has 7 heteroatoms. The first kappa shape index (κ1) is 12.4. The summed E-state index contributed by atoms with van der Waals surface area (Å²) in [7, 11) is 0. The molecule has 1 heterocycles. The minimum Gasteiger partial charge on any atom is -0.239 e. The van der Waals surface area contributed by atoms with Crippen molar-refractivity contribution in [3.05, 3.63) is 45.7 Å². The van der Waals surface area contributed by atoms with Gasteiger partial charge in [0, 0.05) is 11.2 Å². The van der Waals surface area contributed by atoms with Crippen LogP contribution in [0.1, 0.15) is 5.69 Å². The number of hydrogen-bond acceptors (Lipinski definition) is 1. The van der Waals surface area contributed by atoms with Crippen molar-refractivity contribution in [1.82, 2.24) is 9.78 Å². The summed E-state index contributed by atoms with van der Waals surface area (Å²) in [5.41, 5.74) is -0.446. The van der Waals surface area contributed by atoms with Crippen molar-refractivity contribution in [2.75, 3.05) is 0 Å². The van der Waals surface area contributed by atoms with E-state index in [4.69, 9.17) is 11.6 Å². The number of rotatable bonds is 1. The van der Waals surface area contributed by atoms with Crippen molar-refractivity contribution in [1.29, 1.82) is 0 Å². The SMILES string of the molecule is FC(F)(F)c1nn(-c2ccc(Cl)cc2)cc1Br.